The summed E-state index contributed by atoms with van der Waals surface area (Å²) in [4.78, 5) is 13.8. The van der Waals surface area contributed by atoms with E-state index in [-0.39, 0.29) is 5.41 Å². The molecule has 4 nitrogen and oxygen atoms in total. The number of ether oxygens (including phenoxy) is 2. The van der Waals surface area contributed by atoms with Crippen molar-refractivity contribution in [3.63, 3.8) is 0 Å². The van der Waals surface area contributed by atoms with Gasteiger partial charge in [-0.2, -0.15) is 0 Å². The normalized spacial score (nSPS) is 29.5. The SMILES string of the molecule is COCCN(CC1(C=O)CCCOC1)C1CC1. The fourth-order valence-electron chi connectivity index (χ4n) is 2.57. The van der Waals surface area contributed by atoms with Gasteiger partial charge in [0.1, 0.15) is 6.29 Å². The standard InChI is InChI=1S/C13H23NO3/c1-16-8-6-14(12-3-4-12)9-13(10-15)5-2-7-17-11-13/h10,12H,2-9,11H2,1H3. The first-order chi connectivity index (χ1) is 8.29. The van der Waals surface area contributed by atoms with E-state index in [4.69, 9.17) is 9.47 Å². The number of carbonyl (C=O) groups is 1. The van der Waals surface area contributed by atoms with Gasteiger partial charge in [0.25, 0.3) is 0 Å². The zero-order valence-corrected chi connectivity index (χ0v) is 10.7. The molecule has 0 radical (unpaired) electrons. The van der Waals surface area contributed by atoms with Crippen molar-refractivity contribution in [2.24, 2.45) is 5.41 Å². The van der Waals surface area contributed by atoms with Gasteiger partial charge in [-0.15, -0.1) is 0 Å². The van der Waals surface area contributed by atoms with Crippen LogP contribution < -0.4 is 0 Å². The summed E-state index contributed by atoms with van der Waals surface area (Å²) in [7, 11) is 1.73. The summed E-state index contributed by atoms with van der Waals surface area (Å²) in [5, 5.41) is 0. The summed E-state index contributed by atoms with van der Waals surface area (Å²) in [6, 6.07) is 0.670. The molecule has 0 aromatic rings. The number of aldehydes is 1. The Morgan fingerprint density at radius 3 is 2.88 bits per heavy atom. The number of carbonyl (C=O) groups excluding carboxylic acids is 1. The first-order valence-electron chi connectivity index (χ1n) is 6.57. The van der Waals surface area contributed by atoms with Gasteiger partial charge in [0.2, 0.25) is 0 Å². The summed E-state index contributed by atoms with van der Waals surface area (Å²) in [6.45, 7) is 3.90. The zero-order valence-electron chi connectivity index (χ0n) is 10.7. The maximum Gasteiger partial charge on any atom is 0.129 e. The van der Waals surface area contributed by atoms with Crippen molar-refractivity contribution in [2.75, 3.05) is 40.0 Å². The molecule has 4 heteroatoms. The van der Waals surface area contributed by atoms with Crippen LogP contribution >= 0.6 is 0 Å². The van der Waals surface area contributed by atoms with Crippen LogP contribution in [0.4, 0.5) is 0 Å². The first-order valence-corrected chi connectivity index (χ1v) is 6.57. The Bertz CT molecular complexity index is 247. The third kappa shape index (κ3) is 3.50. The van der Waals surface area contributed by atoms with Gasteiger partial charge in [0.05, 0.1) is 18.6 Å². The maximum absolute atomic E-state index is 11.4. The van der Waals surface area contributed by atoms with Crippen LogP contribution in [0.15, 0.2) is 0 Å². The van der Waals surface area contributed by atoms with E-state index in [1.54, 1.807) is 7.11 Å². The van der Waals surface area contributed by atoms with Gasteiger partial charge in [0.15, 0.2) is 0 Å². The zero-order chi connectivity index (χ0) is 12.1. The number of rotatable bonds is 7. The molecular formula is C13H23NO3. The minimum atomic E-state index is -0.269. The Balaban J connectivity index is 1.91. The average Bonchev–Trinajstić information content (AvgIpc) is 3.20. The summed E-state index contributed by atoms with van der Waals surface area (Å²) in [5.74, 6) is 0. The van der Waals surface area contributed by atoms with Crippen molar-refractivity contribution < 1.29 is 14.3 Å². The molecule has 2 fully saturated rings. The predicted molar refractivity (Wildman–Crippen MR) is 65.0 cm³/mol. The van der Waals surface area contributed by atoms with Crippen LogP contribution in [0.5, 0.6) is 0 Å². The van der Waals surface area contributed by atoms with E-state index < -0.39 is 0 Å². The smallest absolute Gasteiger partial charge is 0.129 e. The lowest BCUT2D eigenvalue weighted by Crippen LogP contribution is -2.46. The molecule has 0 bridgehead atoms. The van der Waals surface area contributed by atoms with Crippen LogP contribution in [0.25, 0.3) is 0 Å². The number of methoxy groups -OCH3 is 1. The first kappa shape index (κ1) is 13.0. The van der Waals surface area contributed by atoms with E-state index in [0.717, 1.165) is 45.4 Å². The second kappa shape index (κ2) is 5.94. The van der Waals surface area contributed by atoms with Gasteiger partial charge in [-0.1, -0.05) is 0 Å². The molecule has 1 aliphatic heterocycles. The highest BCUT2D eigenvalue weighted by Gasteiger charge is 2.38. The van der Waals surface area contributed by atoms with Crippen molar-refractivity contribution >= 4 is 6.29 Å². The Labute approximate surface area is 103 Å². The summed E-state index contributed by atoms with van der Waals surface area (Å²) in [5.41, 5.74) is -0.269. The molecule has 2 aliphatic rings. The molecule has 0 amide bonds. The minimum Gasteiger partial charge on any atom is -0.383 e. The lowest BCUT2D eigenvalue weighted by molar-refractivity contribution is -0.126. The number of hydrogen-bond acceptors (Lipinski definition) is 4. The molecule has 0 spiro atoms. The van der Waals surface area contributed by atoms with E-state index in [1.807, 2.05) is 0 Å². The molecule has 1 atom stereocenters. The Morgan fingerprint density at radius 2 is 2.35 bits per heavy atom. The second-order valence-corrected chi connectivity index (χ2v) is 5.33. The summed E-state index contributed by atoms with van der Waals surface area (Å²) >= 11 is 0. The fourth-order valence-corrected chi connectivity index (χ4v) is 2.57. The van der Waals surface area contributed by atoms with Crippen molar-refractivity contribution in [1.29, 1.82) is 0 Å². The van der Waals surface area contributed by atoms with Crippen molar-refractivity contribution in [2.45, 2.75) is 31.7 Å². The molecule has 2 rings (SSSR count). The molecular weight excluding hydrogens is 218 g/mol. The maximum atomic E-state index is 11.4. The molecule has 1 heterocycles. The summed E-state index contributed by atoms with van der Waals surface area (Å²) in [6.07, 6.45) is 5.61. The second-order valence-electron chi connectivity index (χ2n) is 5.33. The lowest BCUT2D eigenvalue weighted by atomic mass is 9.83. The summed E-state index contributed by atoms with van der Waals surface area (Å²) < 4.78 is 10.6. The van der Waals surface area contributed by atoms with Crippen LogP contribution in [0.1, 0.15) is 25.7 Å². The van der Waals surface area contributed by atoms with Crippen LogP contribution in [0.2, 0.25) is 0 Å². The highest BCUT2D eigenvalue weighted by molar-refractivity contribution is 5.60. The average molecular weight is 241 g/mol. The molecule has 0 N–H and O–H groups in total. The van der Waals surface area contributed by atoms with Gasteiger partial charge in [0, 0.05) is 32.8 Å². The molecule has 1 saturated heterocycles. The molecule has 0 aromatic carbocycles. The topological polar surface area (TPSA) is 38.8 Å². The van der Waals surface area contributed by atoms with Crippen LogP contribution in [0.3, 0.4) is 0 Å². The molecule has 98 valence electrons. The third-order valence-electron chi connectivity index (χ3n) is 3.77. The van der Waals surface area contributed by atoms with E-state index in [2.05, 4.69) is 4.90 Å². The van der Waals surface area contributed by atoms with Gasteiger partial charge in [-0.25, -0.2) is 0 Å². The van der Waals surface area contributed by atoms with Gasteiger partial charge in [-0.05, 0) is 25.7 Å². The van der Waals surface area contributed by atoms with Crippen LogP contribution in [-0.2, 0) is 14.3 Å². The Morgan fingerprint density at radius 1 is 1.53 bits per heavy atom. The van der Waals surface area contributed by atoms with E-state index >= 15 is 0 Å². The Kier molecular flexibility index (Phi) is 4.54. The van der Waals surface area contributed by atoms with E-state index in [9.17, 15) is 4.79 Å². The van der Waals surface area contributed by atoms with Gasteiger partial charge < -0.3 is 14.3 Å². The molecule has 17 heavy (non-hydrogen) atoms. The largest absolute Gasteiger partial charge is 0.383 e. The van der Waals surface area contributed by atoms with Crippen molar-refractivity contribution in [3.05, 3.63) is 0 Å². The number of nitrogens with zero attached hydrogens (tertiary/aromatic N) is 1. The van der Waals surface area contributed by atoms with E-state index in [1.165, 1.54) is 12.8 Å². The Hall–Kier alpha value is -0.450. The monoisotopic (exact) mass is 241 g/mol. The molecule has 1 unspecified atom stereocenters. The lowest BCUT2D eigenvalue weighted by Gasteiger charge is -2.36. The van der Waals surface area contributed by atoms with Crippen LogP contribution in [-0.4, -0.2) is 57.2 Å². The van der Waals surface area contributed by atoms with E-state index in [0.29, 0.717) is 12.6 Å². The molecule has 0 aromatic heterocycles. The predicted octanol–water partition coefficient (Wildman–Crippen LogP) is 1.09. The molecule has 1 aliphatic carbocycles. The third-order valence-corrected chi connectivity index (χ3v) is 3.77. The van der Waals surface area contributed by atoms with Gasteiger partial charge >= 0.3 is 0 Å². The number of hydrogen-bond donors (Lipinski definition) is 0. The highest BCUT2D eigenvalue weighted by Crippen LogP contribution is 2.33. The highest BCUT2D eigenvalue weighted by atomic mass is 16.5. The van der Waals surface area contributed by atoms with Crippen LogP contribution in [0, 0.1) is 5.41 Å². The minimum absolute atomic E-state index is 0.269. The van der Waals surface area contributed by atoms with Crippen molar-refractivity contribution in [3.8, 4) is 0 Å². The fraction of sp³-hybridized carbons (Fsp3) is 0.923. The quantitative estimate of drug-likeness (QED) is 0.626. The van der Waals surface area contributed by atoms with Gasteiger partial charge in [-0.3, -0.25) is 4.90 Å². The molecule has 1 saturated carbocycles. The van der Waals surface area contributed by atoms with Crippen molar-refractivity contribution in [1.82, 2.24) is 4.90 Å².